The number of nitrogens with zero attached hydrogens (tertiary/aromatic N) is 2. The molecule has 4 aromatic rings. The highest BCUT2D eigenvalue weighted by Gasteiger charge is 2.14. The molecular weight excluding hydrogens is 398 g/mol. The molecule has 2 aromatic heterocycles. The highest BCUT2D eigenvalue weighted by molar-refractivity contribution is 5.92. The number of hydrogen-bond donors (Lipinski definition) is 1. The van der Waals surface area contributed by atoms with Crippen LogP contribution in [0.1, 0.15) is 21.9 Å². The van der Waals surface area contributed by atoms with Crippen LogP contribution in [0.15, 0.2) is 86.7 Å². The van der Waals surface area contributed by atoms with Gasteiger partial charge in [0.25, 0.3) is 5.69 Å². The number of nitrogens with one attached hydrogen (secondary N) is 1. The number of carbonyl (C=O) groups is 1. The van der Waals surface area contributed by atoms with Gasteiger partial charge < -0.3 is 8.83 Å². The lowest BCUT2D eigenvalue weighted by atomic mass is 10.1. The summed E-state index contributed by atoms with van der Waals surface area (Å²) in [6.45, 7) is 2.01. The Hall–Kier alpha value is -4.46. The molecule has 1 N–H and O–H groups in total. The van der Waals surface area contributed by atoms with E-state index in [1.165, 1.54) is 24.4 Å². The van der Waals surface area contributed by atoms with Crippen molar-refractivity contribution in [2.75, 3.05) is 0 Å². The van der Waals surface area contributed by atoms with Crippen LogP contribution in [0.2, 0.25) is 0 Å². The van der Waals surface area contributed by atoms with Crippen LogP contribution in [0.3, 0.4) is 0 Å². The molecule has 0 radical (unpaired) electrons. The zero-order valence-electron chi connectivity index (χ0n) is 16.4. The van der Waals surface area contributed by atoms with Gasteiger partial charge in [0.2, 0.25) is 0 Å². The molecule has 2 heterocycles. The largest absolute Gasteiger partial charge is 0.455 e. The molecule has 31 heavy (non-hydrogen) atoms. The van der Waals surface area contributed by atoms with Gasteiger partial charge in [0.05, 0.1) is 11.1 Å². The number of nitro groups is 1. The van der Waals surface area contributed by atoms with Crippen molar-refractivity contribution in [2.24, 2.45) is 5.10 Å². The summed E-state index contributed by atoms with van der Waals surface area (Å²) in [6, 6.07) is 20.5. The van der Waals surface area contributed by atoms with Gasteiger partial charge in [0.15, 0.2) is 5.76 Å². The fraction of sp³-hybridized carbons (Fsp3) is 0.0435. The minimum atomic E-state index is -0.557. The lowest BCUT2D eigenvalue weighted by Gasteiger charge is -1.98. The average Bonchev–Trinajstić information content (AvgIpc) is 3.44. The predicted molar refractivity (Wildman–Crippen MR) is 115 cm³/mol. The number of hydrogen-bond acceptors (Lipinski definition) is 6. The quantitative estimate of drug-likeness (QED) is 0.265. The third-order valence-corrected chi connectivity index (χ3v) is 4.49. The molecule has 0 saturated carbocycles. The maximum absolute atomic E-state index is 12.3. The second-order valence-electron chi connectivity index (χ2n) is 6.74. The van der Waals surface area contributed by atoms with E-state index in [-0.39, 0.29) is 11.4 Å². The number of furan rings is 2. The van der Waals surface area contributed by atoms with Gasteiger partial charge in [-0.2, -0.15) is 5.10 Å². The first-order chi connectivity index (χ1) is 15.0. The summed E-state index contributed by atoms with van der Waals surface area (Å²) in [7, 11) is 0. The molecule has 0 atom stereocenters. The minimum Gasteiger partial charge on any atom is -0.455 e. The van der Waals surface area contributed by atoms with Crippen molar-refractivity contribution in [2.45, 2.75) is 6.92 Å². The predicted octanol–water partition coefficient (Wildman–Crippen LogP) is 5.19. The number of rotatable bonds is 6. The van der Waals surface area contributed by atoms with E-state index in [9.17, 15) is 14.9 Å². The second kappa shape index (κ2) is 8.50. The van der Waals surface area contributed by atoms with Gasteiger partial charge in [0.1, 0.15) is 17.3 Å². The summed E-state index contributed by atoms with van der Waals surface area (Å²) in [5, 5.41) is 14.8. The number of hydrazone groups is 1. The minimum absolute atomic E-state index is 0.0263. The Labute approximate surface area is 177 Å². The lowest BCUT2D eigenvalue weighted by Crippen LogP contribution is -2.16. The molecule has 2 aromatic carbocycles. The molecule has 8 heteroatoms. The highest BCUT2D eigenvalue weighted by Crippen LogP contribution is 2.26. The highest BCUT2D eigenvalue weighted by atomic mass is 16.6. The number of amides is 1. The molecule has 0 bridgehead atoms. The van der Waals surface area contributed by atoms with Crippen molar-refractivity contribution in [3.63, 3.8) is 0 Å². The van der Waals surface area contributed by atoms with Gasteiger partial charge >= 0.3 is 5.91 Å². The molecule has 154 valence electrons. The lowest BCUT2D eigenvalue weighted by molar-refractivity contribution is -0.384. The van der Waals surface area contributed by atoms with Crippen LogP contribution < -0.4 is 5.43 Å². The zero-order valence-corrected chi connectivity index (χ0v) is 16.4. The molecule has 8 nitrogen and oxygen atoms in total. The van der Waals surface area contributed by atoms with E-state index < -0.39 is 10.8 Å². The van der Waals surface area contributed by atoms with Crippen LogP contribution >= 0.6 is 0 Å². The maximum Gasteiger partial charge on any atom is 0.307 e. The van der Waals surface area contributed by atoms with E-state index in [0.29, 0.717) is 22.8 Å². The number of nitro benzene ring substituents is 1. The first-order valence-electron chi connectivity index (χ1n) is 9.34. The summed E-state index contributed by atoms with van der Waals surface area (Å²) < 4.78 is 11.2. The van der Waals surface area contributed by atoms with Gasteiger partial charge in [-0.1, -0.05) is 42.0 Å². The Morgan fingerprint density at radius 2 is 1.71 bits per heavy atom. The molecule has 0 aliphatic carbocycles. The normalized spacial score (nSPS) is 11.0. The molecule has 0 aliphatic heterocycles. The van der Waals surface area contributed by atoms with Crippen molar-refractivity contribution < 1.29 is 18.6 Å². The van der Waals surface area contributed by atoms with Crippen molar-refractivity contribution in [3.8, 4) is 22.6 Å². The third-order valence-electron chi connectivity index (χ3n) is 4.49. The number of carbonyl (C=O) groups excluding carboxylic acids is 1. The SMILES string of the molecule is Cc1ccc(-c2ccc(C=NNC(=O)c3ccc(-c4cccc([N+](=O)[O-])c4)o3)o2)cc1. The Morgan fingerprint density at radius 1 is 0.968 bits per heavy atom. The fourth-order valence-electron chi connectivity index (χ4n) is 2.89. The Kier molecular flexibility index (Phi) is 5.44. The molecule has 1 amide bonds. The van der Waals surface area contributed by atoms with Crippen LogP contribution in [-0.2, 0) is 0 Å². The van der Waals surface area contributed by atoms with Gasteiger partial charge in [-0.05, 0) is 31.2 Å². The first-order valence-corrected chi connectivity index (χ1v) is 9.34. The maximum atomic E-state index is 12.3. The summed E-state index contributed by atoms with van der Waals surface area (Å²) in [6.07, 6.45) is 1.39. The van der Waals surface area contributed by atoms with E-state index in [4.69, 9.17) is 8.83 Å². The molecule has 0 spiro atoms. The number of non-ortho nitro benzene ring substituents is 1. The molecule has 0 aliphatic rings. The standard InChI is InChI=1S/C23H17N3O5/c1-15-5-7-16(8-6-15)20-10-9-19(30-20)14-24-25-23(27)22-12-11-21(31-22)17-3-2-4-18(13-17)26(28)29/h2-14H,1H3,(H,25,27). The van der Waals surface area contributed by atoms with Crippen LogP contribution in [0.5, 0.6) is 0 Å². The smallest absolute Gasteiger partial charge is 0.307 e. The molecule has 4 rings (SSSR count). The van der Waals surface area contributed by atoms with E-state index in [2.05, 4.69) is 10.5 Å². The summed E-state index contributed by atoms with van der Waals surface area (Å²) in [5.74, 6) is 0.983. The van der Waals surface area contributed by atoms with Gasteiger partial charge in [-0.3, -0.25) is 14.9 Å². The van der Waals surface area contributed by atoms with Crippen molar-refractivity contribution in [3.05, 3.63) is 100.0 Å². The Balaban J connectivity index is 1.40. The molecular formula is C23H17N3O5. The van der Waals surface area contributed by atoms with Crippen molar-refractivity contribution in [1.82, 2.24) is 5.43 Å². The Bertz CT molecular complexity index is 1270. The molecule has 0 saturated heterocycles. The van der Waals surface area contributed by atoms with Gasteiger partial charge in [-0.15, -0.1) is 0 Å². The molecule has 0 fully saturated rings. The third kappa shape index (κ3) is 4.59. The summed E-state index contributed by atoms with van der Waals surface area (Å²) in [5.41, 5.74) is 4.90. The van der Waals surface area contributed by atoms with Crippen LogP contribution in [0.25, 0.3) is 22.6 Å². The first kappa shape index (κ1) is 19.8. The molecule has 0 unspecified atom stereocenters. The van der Waals surface area contributed by atoms with E-state index in [1.54, 1.807) is 24.3 Å². The van der Waals surface area contributed by atoms with Crippen LogP contribution in [0, 0.1) is 17.0 Å². The van der Waals surface area contributed by atoms with Gasteiger partial charge in [0, 0.05) is 23.3 Å². The van der Waals surface area contributed by atoms with E-state index in [0.717, 1.165) is 11.1 Å². The number of benzene rings is 2. The van der Waals surface area contributed by atoms with E-state index >= 15 is 0 Å². The van der Waals surface area contributed by atoms with Crippen LogP contribution in [-0.4, -0.2) is 17.0 Å². The Morgan fingerprint density at radius 3 is 2.48 bits per heavy atom. The topological polar surface area (TPSA) is 111 Å². The van der Waals surface area contributed by atoms with E-state index in [1.807, 2.05) is 37.3 Å². The monoisotopic (exact) mass is 415 g/mol. The number of aryl methyl sites for hydroxylation is 1. The van der Waals surface area contributed by atoms with Crippen LogP contribution in [0.4, 0.5) is 5.69 Å². The van der Waals surface area contributed by atoms with Gasteiger partial charge in [-0.25, -0.2) is 5.43 Å². The second-order valence-corrected chi connectivity index (χ2v) is 6.74. The van der Waals surface area contributed by atoms with Crippen molar-refractivity contribution in [1.29, 1.82) is 0 Å². The fourth-order valence-corrected chi connectivity index (χ4v) is 2.89. The summed E-state index contributed by atoms with van der Waals surface area (Å²) in [4.78, 5) is 22.7. The zero-order chi connectivity index (χ0) is 21.8. The average molecular weight is 415 g/mol. The summed E-state index contributed by atoms with van der Waals surface area (Å²) >= 11 is 0. The van der Waals surface area contributed by atoms with Crippen molar-refractivity contribution >= 4 is 17.8 Å².